The second-order valence-electron chi connectivity index (χ2n) is 2.39. The third kappa shape index (κ3) is 3.29. The van der Waals surface area contributed by atoms with Gasteiger partial charge in [0.05, 0.1) is 16.3 Å². The molecule has 1 aromatic rings. The maximum atomic E-state index is 11.8. The lowest BCUT2D eigenvalue weighted by Crippen LogP contribution is -1.98. The molecule has 0 saturated carbocycles. The maximum absolute atomic E-state index is 11.8. The summed E-state index contributed by atoms with van der Waals surface area (Å²) < 4.78 is 23.6. The lowest BCUT2D eigenvalue weighted by atomic mass is 10.3. The molecule has 0 saturated heterocycles. The molecule has 0 spiro atoms. The van der Waals surface area contributed by atoms with E-state index in [1.807, 2.05) is 0 Å². The number of carbonyl (C=O) groups is 1. The standard InChI is InChI=1S/C8H7F2NO2S/c9-6(10)4-14-7-3-5(8(12)13)1-2-11-7/h1-3,6H,4H2,(H,12,13). The highest BCUT2D eigenvalue weighted by Crippen LogP contribution is 2.18. The first-order valence-electron chi connectivity index (χ1n) is 3.70. The predicted octanol–water partition coefficient (Wildman–Crippen LogP) is 2.14. The van der Waals surface area contributed by atoms with E-state index in [-0.39, 0.29) is 11.3 Å². The monoisotopic (exact) mass is 219 g/mol. The van der Waals surface area contributed by atoms with E-state index in [2.05, 4.69) is 4.98 Å². The van der Waals surface area contributed by atoms with Gasteiger partial charge in [0.25, 0.3) is 0 Å². The van der Waals surface area contributed by atoms with Crippen molar-refractivity contribution in [2.75, 3.05) is 5.75 Å². The molecular formula is C8H7F2NO2S. The van der Waals surface area contributed by atoms with Crippen molar-refractivity contribution in [3.8, 4) is 0 Å². The topological polar surface area (TPSA) is 50.2 Å². The first-order chi connectivity index (χ1) is 6.59. The Kier molecular flexibility index (Phi) is 3.82. The van der Waals surface area contributed by atoms with Gasteiger partial charge in [-0.25, -0.2) is 18.6 Å². The Hall–Kier alpha value is -1.17. The number of hydrogen-bond acceptors (Lipinski definition) is 3. The van der Waals surface area contributed by atoms with Crippen LogP contribution in [0.2, 0.25) is 0 Å². The van der Waals surface area contributed by atoms with E-state index in [9.17, 15) is 13.6 Å². The smallest absolute Gasteiger partial charge is 0.335 e. The first kappa shape index (κ1) is 10.9. The number of alkyl halides is 2. The number of carboxylic acids is 1. The summed E-state index contributed by atoms with van der Waals surface area (Å²) >= 11 is 0.836. The van der Waals surface area contributed by atoms with Crippen molar-refractivity contribution in [3.05, 3.63) is 23.9 Å². The maximum Gasteiger partial charge on any atom is 0.335 e. The van der Waals surface area contributed by atoms with E-state index in [1.54, 1.807) is 0 Å². The zero-order valence-electron chi connectivity index (χ0n) is 6.98. The second-order valence-corrected chi connectivity index (χ2v) is 3.43. The number of aromatic carboxylic acids is 1. The van der Waals surface area contributed by atoms with Gasteiger partial charge in [0.1, 0.15) is 0 Å². The molecule has 14 heavy (non-hydrogen) atoms. The molecule has 6 heteroatoms. The summed E-state index contributed by atoms with van der Waals surface area (Å²) in [6, 6.07) is 2.59. The van der Waals surface area contributed by atoms with Crippen molar-refractivity contribution in [3.63, 3.8) is 0 Å². The van der Waals surface area contributed by atoms with E-state index in [4.69, 9.17) is 5.11 Å². The largest absolute Gasteiger partial charge is 0.478 e. The molecule has 1 heterocycles. The summed E-state index contributed by atoms with van der Waals surface area (Å²) in [6.07, 6.45) is -1.13. The molecule has 0 aromatic carbocycles. The van der Waals surface area contributed by atoms with Gasteiger partial charge >= 0.3 is 5.97 Å². The van der Waals surface area contributed by atoms with Gasteiger partial charge in [0, 0.05) is 6.20 Å². The van der Waals surface area contributed by atoms with Gasteiger partial charge in [-0.2, -0.15) is 0 Å². The fourth-order valence-corrected chi connectivity index (χ4v) is 1.41. The van der Waals surface area contributed by atoms with Crippen LogP contribution in [0.15, 0.2) is 23.4 Å². The van der Waals surface area contributed by atoms with E-state index >= 15 is 0 Å². The predicted molar refractivity (Wildman–Crippen MR) is 47.9 cm³/mol. The number of carboxylic acid groups (broad SMARTS) is 1. The molecule has 0 aliphatic rings. The Labute approximate surface area is 83.2 Å². The van der Waals surface area contributed by atoms with Crippen molar-refractivity contribution in [1.82, 2.24) is 4.98 Å². The second kappa shape index (κ2) is 4.90. The van der Waals surface area contributed by atoms with Crippen molar-refractivity contribution >= 4 is 17.7 Å². The van der Waals surface area contributed by atoms with E-state index < -0.39 is 12.4 Å². The Morgan fingerprint density at radius 1 is 1.64 bits per heavy atom. The fourth-order valence-electron chi connectivity index (χ4n) is 0.770. The molecule has 0 aliphatic carbocycles. The van der Waals surface area contributed by atoms with Gasteiger partial charge in [-0.3, -0.25) is 0 Å². The van der Waals surface area contributed by atoms with Gasteiger partial charge in [0.15, 0.2) is 0 Å². The highest BCUT2D eigenvalue weighted by Gasteiger charge is 2.07. The Morgan fingerprint density at radius 3 is 2.93 bits per heavy atom. The lowest BCUT2D eigenvalue weighted by Gasteiger charge is -2.00. The SMILES string of the molecule is O=C(O)c1ccnc(SCC(F)F)c1. The number of pyridine rings is 1. The molecule has 0 amide bonds. The minimum atomic E-state index is -2.42. The Morgan fingerprint density at radius 2 is 2.36 bits per heavy atom. The summed E-state index contributed by atoms with van der Waals surface area (Å²) in [5.41, 5.74) is 0.0526. The normalized spacial score (nSPS) is 10.5. The number of nitrogens with zero attached hydrogens (tertiary/aromatic N) is 1. The minimum absolute atomic E-state index is 0.0526. The third-order valence-corrected chi connectivity index (χ3v) is 2.28. The van der Waals surface area contributed by atoms with Gasteiger partial charge in [-0.05, 0) is 12.1 Å². The van der Waals surface area contributed by atoms with Crippen LogP contribution in [0.5, 0.6) is 0 Å². The van der Waals surface area contributed by atoms with Crippen LogP contribution >= 0.6 is 11.8 Å². The summed E-state index contributed by atoms with van der Waals surface area (Å²) in [5, 5.41) is 8.90. The van der Waals surface area contributed by atoms with Crippen LogP contribution in [0, 0.1) is 0 Å². The minimum Gasteiger partial charge on any atom is -0.478 e. The van der Waals surface area contributed by atoms with Crippen molar-refractivity contribution < 1.29 is 18.7 Å². The Balaban J connectivity index is 2.69. The first-order valence-corrected chi connectivity index (χ1v) is 4.68. The number of thioether (sulfide) groups is 1. The van der Waals surface area contributed by atoms with Crippen LogP contribution in [0.25, 0.3) is 0 Å². The van der Waals surface area contributed by atoms with Crippen LogP contribution < -0.4 is 0 Å². The zero-order valence-corrected chi connectivity index (χ0v) is 7.80. The summed E-state index contributed by atoms with van der Waals surface area (Å²) in [6.45, 7) is 0. The quantitative estimate of drug-likeness (QED) is 0.788. The molecular weight excluding hydrogens is 212 g/mol. The average Bonchev–Trinajstić information content (AvgIpc) is 2.15. The summed E-state index contributed by atoms with van der Waals surface area (Å²) in [4.78, 5) is 14.3. The zero-order chi connectivity index (χ0) is 10.6. The summed E-state index contributed by atoms with van der Waals surface area (Å²) in [7, 11) is 0. The highest BCUT2D eigenvalue weighted by atomic mass is 32.2. The van der Waals surface area contributed by atoms with Gasteiger partial charge in [0.2, 0.25) is 6.43 Å². The van der Waals surface area contributed by atoms with Gasteiger partial charge in [-0.15, -0.1) is 11.8 Å². The third-order valence-electron chi connectivity index (χ3n) is 1.34. The fraction of sp³-hybridized carbons (Fsp3) is 0.250. The van der Waals surface area contributed by atoms with E-state index in [0.717, 1.165) is 11.8 Å². The van der Waals surface area contributed by atoms with Crippen molar-refractivity contribution in [2.45, 2.75) is 11.5 Å². The van der Waals surface area contributed by atoms with Crippen molar-refractivity contribution in [1.29, 1.82) is 0 Å². The van der Waals surface area contributed by atoms with Crippen LogP contribution in [0.3, 0.4) is 0 Å². The van der Waals surface area contributed by atoms with Gasteiger partial charge in [-0.1, -0.05) is 0 Å². The molecule has 0 fully saturated rings. The molecule has 0 atom stereocenters. The molecule has 0 bridgehead atoms. The highest BCUT2D eigenvalue weighted by molar-refractivity contribution is 7.99. The van der Waals surface area contributed by atoms with Crippen LogP contribution in [0.4, 0.5) is 8.78 Å². The van der Waals surface area contributed by atoms with Gasteiger partial charge < -0.3 is 5.11 Å². The van der Waals surface area contributed by atoms with Crippen LogP contribution in [-0.2, 0) is 0 Å². The number of hydrogen-bond donors (Lipinski definition) is 1. The molecule has 1 aromatic heterocycles. The molecule has 0 aliphatic heterocycles. The average molecular weight is 219 g/mol. The summed E-state index contributed by atoms with van der Waals surface area (Å²) in [5.74, 6) is -1.47. The molecule has 1 N–H and O–H groups in total. The van der Waals surface area contributed by atoms with E-state index in [0.29, 0.717) is 5.03 Å². The van der Waals surface area contributed by atoms with Crippen LogP contribution in [-0.4, -0.2) is 28.2 Å². The van der Waals surface area contributed by atoms with Crippen LogP contribution in [0.1, 0.15) is 10.4 Å². The van der Waals surface area contributed by atoms with Crippen molar-refractivity contribution in [2.24, 2.45) is 0 Å². The van der Waals surface area contributed by atoms with E-state index in [1.165, 1.54) is 18.3 Å². The molecule has 1 rings (SSSR count). The number of aromatic nitrogens is 1. The number of halogens is 2. The number of rotatable bonds is 4. The Bertz CT molecular complexity index is 333. The lowest BCUT2D eigenvalue weighted by molar-refractivity contribution is 0.0696. The molecule has 76 valence electrons. The molecule has 0 radical (unpaired) electrons. The molecule has 0 unspecified atom stereocenters. The molecule has 3 nitrogen and oxygen atoms in total.